The highest BCUT2D eigenvalue weighted by molar-refractivity contribution is 7.91. The van der Waals surface area contributed by atoms with Crippen LogP contribution in [0.2, 0.25) is 10.0 Å². The SMILES string of the molecule is COc1cc(NC(=O)c2ccn(COc3cccc(Cl)c3)n2)cc(S(=O)(=O)c2ccc(Cl)cc2)c1. The highest BCUT2D eigenvalue weighted by Gasteiger charge is 2.20. The van der Waals surface area contributed by atoms with Gasteiger partial charge in [-0.25, -0.2) is 13.1 Å². The molecule has 11 heteroatoms. The lowest BCUT2D eigenvalue weighted by Crippen LogP contribution is -2.15. The predicted octanol–water partition coefficient (Wildman–Crippen LogP) is 5.32. The number of carbonyl (C=O) groups excluding carboxylic acids is 1. The Balaban J connectivity index is 1.51. The summed E-state index contributed by atoms with van der Waals surface area (Å²) >= 11 is 11.8. The van der Waals surface area contributed by atoms with Crippen molar-refractivity contribution in [2.75, 3.05) is 12.4 Å². The first-order valence-electron chi connectivity index (χ1n) is 10.2. The molecule has 0 aliphatic rings. The fourth-order valence-electron chi connectivity index (χ4n) is 3.11. The number of hydrogen-bond donors (Lipinski definition) is 1. The molecule has 0 bridgehead atoms. The molecule has 0 fully saturated rings. The van der Waals surface area contributed by atoms with Gasteiger partial charge in [-0.05, 0) is 60.7 Å². The van der Waals surface area contributed by atoms with E-state index in [9.17, 15) is 13.2 Å². The van der Waals surface area contributed by atoms with E-state index < -0.39 is 15.7 Å². The van der Waals surface area contributed by atoms with Crippen LogP contribution in [0.4, 0.5) is 5.69 Å². The number of hydrogen-bond acceptors (Lipinski definition) is 6. The number of ether oxygens (including phenoxy) is 2. The van der Waals surface area contributed by atoms with Gasteiger partial charge in [0.15, 0.2) is 12.4 Å². The van der Waals surface area contributed by atoms with Gasteiger partial charge in [-0.3, -0.25) is 4.79 Å². The van der Waals surface area contributed by atoms with Gasteiger partial charge in [0.1, 0.15) is 11.5 Å². The van der Waals surface area contributed by atoms with E-state index in [1.54, 1.807) is 30.5 Å². The molecule has 0 saturated carbocycles. The van der Waals surface area contributed by atoms with Crippen molar-refractivity contribution in [3.05, 3.63) is 94.7 Å². The van der Waals surface area contributed by atoms with E-state index in [-0.39, 0.29) is 33.7 Å². The Morgan fingerprint density at radius 2 is 1.71 bits per heavy atom. The van der Waals surface area contributed by atoms with Gasteiger partial charge in [-0.2, -0.15) is 5.10 Å². The van der Waals surface area contributed by atoms with Crippen LogP contribution >= 0.6 is 23.2 Å². The van der Waals surface area contributed by atoms with Crippen LogP contribution in [0.15, 0.2) is 88.8 Å². The third-order valence-corrected chi connectivity index (χ3v) is 7.08. The van der Waals surface area contributed by atoms with Crippen LogP contribution in [0.1, 0.15) is 10.5 Å². The van der Waals surface area contributed by atoms with Crippen LogP contribution in [0.3, 0.4) is 0 Å². The summed E-state index contributed by atoms with van der Waals surface area (Å²) in [6.45, 7) is 0.0657. The maximum absolute atomic E-state index is 13.1. The van der Waals surface area contributed by atoms with E-state index in [2.05, 4.69) is 10.4 Å². The molecule has 0 spiro atoms. The number of carbonyl (C=O) groups is 1. The van der Waals surface area contributed by atoms with Gasteiger partial charge in [0.2, 0.25) is 9.84 Å². The number of methoxy groups -OCH3 is 1. The van der Waals surface area contributed by atoms with Gasteiger partial charge in [-0.1, -0.05) is 29.3 Å². The monoisotopic (exact) mass is 531 g/mol. The van der Waals surface area contributed by atoms with Crippen molar-refractivity contribution >= 4 is 44.6 Å². The van der Waals surface area contributed by atoms with E-state index in [0.717, 1.165) is 0 Å². The molecule has 1 amide bonds. The van der Waals surface area contributed by atoms with Crippen molar-refractivity contribution in [3.63, 3.8) is 0 Å². The van der Waals surface area contributed by atoms with Crippen LogP contribution in [0, 0.1) is 0 Å². The standard InChI is InChI=1S/C24H19Cl2N3O5S/c1-33-20-12-18(13-22(14-20)35(31,32)21-7-5-16(25)6-8-21)27-24(30)23-9-10-29(28-23)15-34-19-4-2-3-17(26)11-19/h2-14H,15H2,1H3,(H,27,30). The molecular formula is C24H19Cl2N3O5S. The van der Waals surface area contributed by atoms with Crippen molar-refractivity contribution in [2.45, 2.75) is 16.5 Å². The highest BCUT2D eigenvalue weighted by Crippen LogP contribution is 2.29. The Morgan fingerprint density at radius 1 is 0.943 bits per heavy atom. The lowest BCUT2D eigenvalue weighted by atomic mass is 10.3. The number of halogens is 2. The topological polar surface area (TPSA) is 99.5 Å². The van der Waals surface area contributed by atoms with Crippen LogP contribution in [-0.2, 0) is 16.6 Å². The molecule has 35 heavy (non-hydrogen) atoms. The lowest BCUT2D eigenvalue weighted by molar-refractivity contribution is 0.102. The van der Waals surface area contributed by atoms with Gasteiger partial charge < -0.3 is 14.8 Å². The second kappa shape index (κ2) is 10.4. The summed E-state index contributed by atoms with van der Waals surface area (Å²) in [4.78, 5) is 12.8. The summed E-state index contributed by atoms with van der Waals surface area (Å²) in [5.74, 6) is 0.287. The molecule has 0 unspecified atom stereocenters. The molecule has 0 aliphatic heterocycles. The zero-order chi connectivity index (χ0) is 25.0. The number of nitrogens with one attached hydrogen (secondary N) is 1. The van der Waals surface area contributed by atoms with Crippen LogP contribution in [0.25, 0.3) is 0 Å². The summed E-state index contributed by atoms with van der Waals surface area (Å²) in [5.41, 5.74) is 0.344. The normalized spacial score (nSPS) is 11.2. The number of nitrogens with zero attached hydrogens (tertiary/aromatic N) is 2. The van der Waals surface area contributed by atoms with E-state index in [1.807, 2.05) is 0 Å². The lowest BCUT2D eigenvalue weighted by Gasteiger charge is -2.11. The Labute approximate surface area is 211 Å². The first kappa shape index (κ1) is 24.6. The van der Waals surface area contributed by atoms with Crippen molar-refractivity contribution in [1.29, 1.82) is 0 Å². The molecular weight excluding hydrogens is 513 g/mol. The number of aromatic nitrogens is 2. The second-order valence-corrected chi connectivity index (χ2v) is 10.1. The second-order valence-electron chi connectivity index (χ2n) is 7.28. The van der Waals surface area contributed by atoms with Crippen molar-refractivity contribution in [2.24, 2.45) is 0 Å². The van der Waals surface area contributed by atoms with Crippen LogP contribution in [0.5, 0.6) is 11.5 Å². The Hall–Kier alpha value is -3.53. The number of sulfone groups is 1. The number of anilines is 1. The fourth-order valence-corrected chi connectivity index (χ4v) is 4.74. The van der Waals surface area contributed by atoms with E-state index in [1.165, 1.54) is 60.3 Å². The smallest absolute Gasteiger partial charge is 0.276 e. The molecule has 4 aromatic rings. The molecule has 180 valence electrons. The first-order valence-corrected chi connectivity index (χ1v) is 12.4. The minimum atomic E-state index is -3.88. The molecule has 1 N–H and O–H groups in total. The zero-order valence-electron chi connectivity index (χ0n) is 18.3. The predicted molar refractivity (Wildman–Crippen MR) is 132 cm³/mol. The molecule has 1 aromatic heterocycles. The van der Waals surface area contributed by atoms with Crippen molar-refractivity contribution < 1.29 is 22.7 Å². The summed E-state index contributed by atoms with van der Waals surface area (Å²) in [5, 5.41) is 7.82. The highest BCUT2D eigenvalue weighted by atomic mass is 35.5. The summed E-state index contributed by atoms with van der Waals surface area (Å²) < 4.78 is 38.5. The minimum Gasteiger partial charge on any atom is -0.497 e. The zero-order valence-corrected chi connectivity index (χ0v) is 20.6. The van der Waals surface area contributed by atoms with Crippen molar-refractivity contribution in [1.82, 2.24) is 9.78 Å². The molecule has 4 rings (SSSR count). The van der Waals surface area contributed by atoms with Gasteiger partial charge in [0.05, 0.1) is 16.9 Å². The fraction of sp³-hybridized carbons (Fsp3) is 0.0833. The average Bonchev–Trinajstić information content (AvgIpc) is 3.32. The quantitative estimate of drug-likeness (QED) is 0.330. The maximum Gasteiger partial charge on any atom is 0.276 e. The molecule has 0 atom stereocenters. The maximum atomic E-state index is 13.1. The van der Waals surface area contributed by atoms with Gasteiger partial charge in [-0.15, -0.1) is 0 Å². The summed E-state index contributed by atoms with van der Waals surface area (Å²) in [7, 11) is -2.48. The Morgan fingerprint density at radius 3 is 2.43 bits per heavy atom. The summed E-state index contributed by atoms with van der Waals surface area (Å²) in [6.07, 6.45) is 1.58. The molecule has 3 aromatic carbocycles. The van der Waals surface area contributed by atoms with Crippen LogP contribution < -0.4 is 14.8 Å². The Kier molecular flexibility index (Phi) is 7.30. The Bertz CT molecular complexity index is 1470. The summed E-state index contributed by atoms with van der Waals surface area (Å²) in [6, 6.07) is 18.5. The molecule has 0 radical (unpaired) electrons. The van der Waals surface area contributed by atoms with E-state index in [0.29, 0.717) is 15.8 Å². The number of benzene rings is 3. The van der Waals surface area contributed by atoms with Gasteiger partial charge in [0, 0.05) is 28.0 Å². The number of rotatable bonds is 8. The largest absolute Gasteiger partial charge is 0.497 e. The molecule has 8 nitrogen and oxygen atoms in total. The van der Waals surface area contributed by atoms with Gasteiger partial charge >= 0.3 is 0 Å². The van der Waals surface area contributed by atoms with Crippen LogP contribution in [-0.4, -0.2) is 31.2 Å². The molecule has 0 saturated heterocycles. The molecule has 1 heterocycles. The molecule has 0 aliphatic carbocycles. The third kappa shape index (κ3) is 5.94. The number of amides is 1. The minimum absolute atomic E-state index is 0.0464. The van der Waals surface area contributed by atoms with Crippen molar-refractivity contribution in [3.8, 4) is 11.5 Å². The van der Waals surface area contributed by atoms with E-state index in [4.69, 9.17) is 32.7 Å². The van der Waals surface area contributed by atoms with E-state index >= 15 is 0 Å². The third-order valence-electron chi connectivity index (χ3n) is 4.84. The first-order chi connectivity index (χ1) is 16.7. The van der Waals surface area contributed by atoms with Gasteiger partial charge in [0.25, 0.3) is 5.91 Å². The average molecular weight is 532 g/mol.